The zero-order chi connectivity index (χ0) is 20.6. The molecule has 1 saturated carbocycles. The fourth-order valence-corrected chi connectivity index (χ4v) is 5.25. The molecule has 0 amide bonds. The van der Waals surface area contributed by atoms with Crippen LogP contribution in [0.5, 0.6) is 0 Å². The molecule has 2 fully saturated rings. The summed E-state index contributed by atoms with van der Waals surface area (Å²) in [6.45, 7) is 4.08. The van der Waals surface area contributed by atoms with E-state index in [4.69, 9.17) is 4.99 Å². The van der Waals surface area contributed by atoms with Crippen LogP contribution in [-0.2, 0) is 0 Å². The lowest BCUT2D eigenvalue weighted by Gasteiger charge is -2.29. The molecule has 1 saturated heterocycles. The first-order chi connectivity index (χ1) is 15.3. The van der Waals surface area contributed by atoms with E-state index in [0.29, 0.717) is 11.8 Å². The van der Waals surface area contributed by atoms with Gasteiger partial charge in [0, 0.05) is 43.5 Å². The number of nitrogens with one attached hydrogen (secondary N) is 2. The summed E-state index contributed by atoms with van der Waals surface area (Å²) in [5.41, 5.74) is 5.21. The smallest absolute Gasteiger partial charge is 0.160 e. The second-order valence-electron chi connectivity index (χ2n) is 8.77. The molecule has 1 aliphatic carbocycles. The van der Waals surface area contributed by atoms with E-state index in [1.54, 1.807) is 0 Å². The number of piperazine rings is 1. The molecule has 0 aromatic carbocycles. The average Bonchev–Trinajstić information content (AvgIpc) is 3.48. The van der Waals surface area contributed by atoms with Crippen molar-refractivity contribution in [2.24, 2.45) is 21.8 Å². The monoisotopic (exact) mass is 413 g/mol. The van der Waals surface area contributed by atoms with Gasteiger partial charge in [0.15, 0.2) is 5.49 Å². The number of pyridine rings is 2. The van der Waals surface area contributed by atoms with Crippen LogP contribution in [-0.4, -0.2) is 42.4 Å². The van der Waals surface area contributed by atoms with Crippen LogP contribution in [0.3, 0.4) is 0 Å². The Hall–Kier alpha value is -3.06. The van der Waals surface area contributed by atoms with Crippen LogP contribution < -0.4 is 26.2 Å². The lowest BCUT2D eigenvalue weighted by Crippen LogP contribution is -2.43. The maximum absolute atomic E-state index is 4.75. The number of anilines is 3. The minimum atomic E-state index is 0.348. The summed E-state index contributed by atoms with van der Waals surface area (Å²) >= 11 is 0. The molecule has 7 nitrogen and oxygen atoms in total. The minimum absolute atomic E-state index is 0.348. The van der Waals surface area contributed by atoms with Crippen LogP contribution in [0.25, 0.3) is 5.57 Å². The lowest BCUT2D eigenvalue weighted by molar-refractivity contribution is 0.503. The molecule has 0 bridgehead atoms. The fraction of sp³-hybridized carbons (Fsp3) is 0.417. The maximum atomic E-state index is 4.75. The third-order valence-electron chi connectivity index (χ3n) is 6.85. The quantitative estimate of drug-likeness (QED) is 0.803. The fourth-order valence-electron chi connectivity index (χ4n) is 5.25. The molecular formula is C24H27N7. The molecular weight excluding hydrogens is 386 g/mol. The highest BCUT2D eigenvalue weighted by molar-refractivity contribution is 5.86. The van der Waals surface area contributed by atoms with E-state index in [1.807, 2.05) is 24.7 Å². The average molecular weight is 414 g/mol. The van der Waals surface area contributed by atoms with Crippen molar-refractivity contribution < 1.29 is 0 Å². The third-order valence-corrected chi connectivity index (χ3v) is 6.85. The van der Waals surface area contributed by atoms with Crippen molar-refractivity contribution in [1.82, 2.24) is 15.3 Å². The lowest BCUT2D eigenvalue weighted by atomic mass is 9.83. The number of aliphatic imine (C=N–C) groups is 1. The number of fused-ring (bicyclic) bond motifs is 2. The number of hydrogen-bond donors (Lipinski definition) is 2. The predicted octanol–water partition coefficient (Wildman–Crippen LogP) is 2.15. The van der Waals surface area contributed by atoms with E-state index >= 15 is 0 Å². The highest BCUT2D eigenvalue weighted by Crippen LogP contribution is 2.39. The van der Waals surface area contributed by atoms with Crippen molar-refractivity contribution in [3.63, 3.8) is 0 Å². The van der Waals surface area contributed by atoms with E-state index in [2.05, 4.69) is 48.8 Å². The number of nitrogens with zero attached hydrogens (tertiary/aromatic N) is 5. The Bertz CT molecular complexity index is 1150. The van der Waals surface area contributed by atoms with Gasteiger partial charge in [-0.25, -0.2) is 15.0 Å². The van der Waals surface area contributed by atoms with E-state index in [0.717, 1.165) is 54.1 Å². The normalized spacial score (nSPS) is 22.7. The van der Waals surface area contributed by atoms with E-state index in [-0.39, 0.29) is 0 Å². The van der Waals surface area contributed by atoms with Gasteiger partial charge in [0.1, 0.15) is 5.82 Å². The highest BCUT2D eigenvalue weighted by Gasteiger charge is 2.32. The van der Waals surface area contributed by atoms with Crippen molar-refractivity contribution in [3.05, 3.63) is 53.2 Å². The van der Waals surface area contributed by atoms with E-state index in [9.17, 15) is 0 Å². The standard InChI is InChI=1S/C24H27N7/c1-2-4-16(3-1)20-14-26-15-21-23(20)19-11-17(12-28-24(19)30-21)29-22-6-5-18(13-27-22)31-9-7-25-8-10-31/h5-6,11-16,20,25H,1-4,7-10H2,(H,27,29). The summed E-state index contributed by atoms with van der Waals surface area (Å²) < 4.78 is 0. The first-order valence-corrected chi connectivity index (χ1v) is 11.4. The zero-order valence-corrected chi connectivity index (χ0v) is 17.6. The van der Waals surface area contributed by atoms with Gasteiger partial charge in [0.2, 0.25) is 0 Å². The van der Waals surface area contributed by atoms with Gasteiger partial charge in [-0.3, -0.25) is 4.99 Å². The van der Waals surface area contributed by atoms with Crippen LogP contribution >= 0.6 is 0 Å². The van der Waals surface area contributed by atoms with Crippen molar-refractivity contribution in [3.8, 4) is 0 Å². The zero-order valence-electron chi connectivity index (χ0n) is 17.6. The SMILES string of the molecule is C1=NC=C2N=c3ncc(Nc4ccc(N5CCNCC5)cn4)cc3=C2C1C1CCCC1. The Morgan fingerprint density at radius 3 is 2.71 bits per heavy atom. The van der Waals surface area contributed by atoms with Gasteiger partial charge in [-0.2, -0.15) is 0 Å². The first kappa shape index (κ1) is 18.7. The largest absolute Gasteiger partial charge is 0.368 e. The number of aromatic nitrogens is 2. The van der Waals surface area contributed by atoms with Gasteiger partial charge in [-0.1, -0.05) is 12.8 Å². The van der Waals surface area contributed by atoms with Gasteiger partial charge in [0.05, 0.1) is 35.7 Å². The Balaban J connectivity index is 1.28. The predicted molar refractivity (Wildman–Crippen MR) is 123 cm³/mol. The van der Waals surface area contributed by atoms with Gasteiger partial charge in [-0.15, -0.1) is 0 Å². The van der Waals surface area contributed by atoms with Gasteiger partial charge in [-0.05, 0) is 42.5 Å². The van der Waals surface area contributed by atoms with E-state index < -0.39 is 0 Å². The molecule has 1 unspecified atom stereocenters. The second kappa shape index (κ2) is 7.89. The molecule has 6 rings (SSSR count). The summed E-state index contributed by atoms with van der Waals surface area (Å²) in [7, 11) is 0. The molecule has 158 valence electrons. The van der Waals surface area contributed by atoms with Crippen molar-refractivity contribution >= 4 is 29.0 Å². The van der Waals surface area contributed by atoms with Crippen LogP contribution in [0.15, 0.2) is 52.5 Å². The van der Waals surface area contributed by atoms with Gasteiger partial charge < -0.3 is 15.5 Å². The van der Waals surface area contributed by atoms with Crippen LogP contribution in [0, 0.1) is 11.8 Å². The third kappa shape index (κ3) is 3.53. The van der Waals surface area contributed by atoms with Crippen molar-refractivity contribution in [1.29, 1.82) is 0 Å². The van der Waals surface area contributed by atoms with E-state index in [1.165, 1.54) is 36.9 Å². The molecule has 3 aliphatic heterocycles. The molecule has 5 heterocycles. The molecule has 4 aliphatic rings. The molecule has 31 heavy (non-hydrogen) atoms. The Kier molecular flexibility index (Phi) is 4.76. The molecule has 0 radical (unpaired) electrons. The van der Waals surface area contributed by atoms with Crippen LogP contribution in [0.1, 0.15) is 25.7 Å². The molecule has 0 spiro atoms. The highest BCUT2D eigenvalue weighted by atomic mass is 15.2. The number of hydrogen-bond acceptors (Lipinski definition) is 7. The van der Waals surface area contributed by atoms with Crippen molar-refractivity contribution in [2.75, 3.05) is 36.4 Å². The van der Waals surface area contributed by atoms with Crippen LogP contribution in [0.2, 0.25) is 0 Å². The first-order valence-electron chi connectivity index (χ1n) is 11.4. The van der Waals surface area contributed by atoms with Gasteiger partial charge in [0.25, 0.3) is 0 Å². The molecule has 2 aromatic heterocycles. The molecule has 2 aromatic rings. The van der Waals surface area contributed by atoms with Crippen molar-refractivity contribution in [2.45, 2.75) is 25.7 Å². The second-order valence-corrected chi connectivity index (χ2v) is 8.77. The Morgan fingerprint density at radius 2 is 1.90 bits per heavy atom. The summed E-state index contributed by atoms with van der Waals surface area (Å²) in [6, 6.07) is 6.36. The summed E-state index contributed by atoms with van der Waals surface area (Å²) in [4.78, 5) is 20.9. The minimum Gasteiger partial charge on any atom is -0.368 e. The molecule has 1 atom stereocenters. The number of rotatable bonds is 4. The Labute approximate surface area is 181 Å². The number of allylic oxidation sites excluding steroid dienone is 1. The maximum Gasteiger partial charge on any atom is 0.160 e. The Morgan fingerprint density at radius 1 is 1.03 bits per heavy atom. The summed E-state index contributed by atoms with van der Waals surface area (Å²) in [6.07, 6.45) is 13.0. The van der Waals surface area contributed by atoms with Gasteiger partial charge >= 0.3 is 0 Å². The van der Waals surface area contributed by atoms with Crippen LogP contribution in [0.4, 0.5) is 17.2 Å². The molecule has 2 N–H and O–H groups in total. The molecule has 7 heteroatoms. The summed E-state index contributed by atoms with van der Waals surface area (Å²) in [5.74, 6) is 1.84. The summed E-state index contributed by atoms with van der Waals surface area (Å²) in [5, 5.41) is 7.95. The topological polar surface area (TPSA) is 77.8 Å².